The normalized spacial score (nSPS) is 14.1. The number of nitrogens with zero attached hydrogens (tertiary/aromatic N) is 1. The van der Waals surface area contributed by atoms with Gasteiger partial charge in [-0.3, -0.25) is 13.9 Å². The van der Waals surface area contributed by atoms with Crippen LogP contribution in [0.25, 0.3) is 28.9 Å². The Morgan fingerprint density at radius 1 is 1.00 bits per heavy atom. The lowest BCUT2D eigenvalue weighted by molar-refractivity contribution is -0.294. The van der Waals surface area contributed by atoms with Crippen LogP contribution < -0.4 is 5.73 Å². The molecule has 6 heteroatoms. The van der Waals surface area contributed by atoms with Crippen LogP contribution in [0, 0.1) is 6.92 Å². The molecule has 0 fully saturated rings. The zero-order chi connectivity index (χ0) is 20.9. The average Bonchev–Trinajstić information content (AvgIpc) is 3.37. The number of allylic oxidation sites excluding steroid dienone is 2. The number of rotatable bonds is 6. The maximum absolute atomic E-state index is 6.08. The van der Waals surface area contributed by atoms with Crippen LogP contribution in [0.4, 0.5) is 9.41 Å². The van der Waals surface area contributed by atoms with Crippen LogP contribution in [-0.4, -0.2) is 30.2 Å². The fourth-order valence-corrected chi connectivity index (χ4v) is 3.77. The summed E-state index contributed by atoms with van der Waals surface area (Å²) in [7, 11) is 6.08. The van der Waals surface area contributed by atoms with Crippen molar-refractivity contribution in [2.45, 2.75) is 13.3 Å². The number of nitrogens with two attached hydrogens (primary N) is 1. The summed E-state index contributed by atoms with van der Waals surface area (Å²) in [6, 6.07) is 21.2. The highest BCUT2D eigenvalue weighted by molar-refractivity contribution is 6.01. The van der Waals surface area contributed by atoms with Gasteiger partial charge in [0.15, 0.2) is 5.70 Å². The van der Waals surface area contributed by atoms with E-state index in [9.17, 15) is 0 Å². The van der Waals surface area contributed by atoms with Crippen molar-refractivity contribution in [3.63, 3.8) is 0 Å². The molecule has 2 radical (unpaired) electrons. The molecule has 0 bridgehead atoms. The van der Waals surface area contributed by atoms with Gasteiger partial charge < -0.3 is 10.7 Å². The first-order valence-corrected chi connectivity index (χ1v) is 10.2. The summed E-state index contributed by atoms with van der Waals surface area (Å²) in [6.45, 7) is 2.68. The van der Waals surface area contributed by atoms with Crippen LogP contribution in [0.2, 0.25) is 0 Å². The monoisotopic (exact) mass is 430 g/mol. The third-order valence-corrected chi connectivity index (χ3v) is 5.29. The minimum Gasteiger partial charge on any atom is -0.355 e. The van der Waals surface area contributed by atoms with Crippen LogP contribution >= 0.6 is 0 Å². The number of halogens is 2. The van der Waals surface area contributed by atoms with E-state index < -0.39 is 0 Å². The summed E-state index contributed by atoms with van der Waals surface area (Å²) < 4.78 is 1.65. The second-order valence-electron chi connectivity index (χ2n) is 7.42. The minimum atomic E-state index is 0. The Morgan fingerprint density at radius 3 is 2.31 bits per heavy atom. The predicted octanol–water partition coefficient (Wildman–Crippen LogP) is 5.26. The maximum Gasteiger partial charge on any atom is 0.586 e. The molecule has 32 heavy (non-hydrogen) atoms. The van der Waals surface area contributed by atoms with E-state index in [4.69, 9.17) is 13.7 Å². The number of aromatic nitrogens is 1. The third kappa shape index (κ3) is 5.40. The van der Waals surface area contributed by atoms with Gasteiger partial charge in [-0.05, 0) is 54.3 Å². The van der Waals surface area contributed by atoms with E-state index in [1.54, 1.807) is 4.49 Å². The van der Waals surface area contributed by atoms with E-state index in [0.717, 1.165) is 34.6 Å². The van der Waals surface area contributed by atoms with Crippen molar-refractivity contribution < 1.29 is 13.9 Å². The van der Waals surface area contributed by atoms with E-state index in [2.05, 4.69) is 78.7 Å². The molecule has 3 aromatic rings. The Balaban J connectivity index is 0.00000181. The quantitative estimate of drug-likeness (QED) is 0.515. The van der Waals surface area contributed by atoms with Gasteiger partial charge >= 0.3 is 7.98 Å². The Morgan fingerprint density at radius 2 is 1.69 bits per heavy atom. The molecule has 1 aromatic heterocycles. The van der Waals surface area contributed by atoms with Gasteiger partial charge in [-0.1, -0.05) is 60.7 Å². The van der Waals surface area contributed by atoms with Gasteiger partial charge in [0.05, 0.1) is 5.69 Å². The highest BCUT2D eigenvalue weighted by atomic mass is 19.0. The largest absolute Gasteiger partial charge is 0.586 e. The molecule has 0 saturated carbocycles. The fourth-order valence-electron chi connectivity index (χ4n) is 3.77. The first-order valence-electron chi connectivity index (χ1n) is 10.2. The number of aryl methyl sites for hydroxylation is 1. The van der Waals surface area contributed by atoms with E-state index in [1.165, 1.54) is 16.7 Å². The van der Waals surface area contributed by atoms with Crippen molar-refractivity contribution in [2.24, 2.45) is 5.73 Å². The van der Waals surface area contributed by atoms with Crippen molar-refractivity contribution >= 4 is 31.9 Å². The average molecular weight is 430 g/mol. The van der Waals surface area contributed by atoms with Crippen molar-refractivity contribution in [1.82, 2.24) is 4.98 Å². The van der Waals surface area contributed by atoms with Crippen molar-refractivity contribution in [2.75, 3.05) is 6.54 Å². The first-order chi connectivity index (χ1) is 14.7. The van der Waals surface area contributed by atoms with Crippen molar-refractivity contribution in [3.8, 4) is 11.1 Å². The summed E-state index contributed by atoms with van der Waals surface area (Å²) in [4.78, 5) is 3.54. The summed E-state index contributed by atoms with van der Waals surface area (Å²) >= 11 is 0. The Bertz CT molecular complexity index is 1160. The molecule has 4 rings (SSSR count). The van der Waals surface area contributed by atoms with E-state index in [0.29, 0.717) is 6.54 Å². The van der Waals surface area contributed by atoms with E-state index >= 15 is 0 Å². The lowest BCUT2D eigenvalue weighted by Gasteiger charge is -2.07. The molecule has 2 heterocycles. The second-order valence-corrected chi connectivity index (χ2v) is 7.42. The van der Waals surface area contributed by atoms with Crippen LogP contribution in [0.15, 0.2) is 78.5 Å². The van der Waals surface area contributed by atoms with E-state index in [-0.39, 0.29) is 9.41 Å². The lowest BCUT2D eigenvalue weighted by Crippen LogP contribution is -2.09. The molecule has 3 nitrogen and oxygen atoms in total. The van der Waals surface area contributed by atoms with Gasteiger partial charge in [0, 0.05) is 23.4 Å². The maximum atomic E-state index is 6.08. The molecule has 162 valence electrons. The summed E-state index contributed by atoms with van der Waals surface area (Å²) in [5.74, 6) is 0. The van der Waals surface area contributed by atoms with Gasteiger partial charge in [0.25, 0.3) is 0 Å². The number of nitrogens with one attached hydrogen (secondary N) is 1. The standard InChI is InChI=1S/C26H25BN3.2FH/c1-19-18-23(29-26(19)24(15-16-28)25-8-5-17-30(25)27)14-11-20-9-12-22(13-10-20)21-6-3-2-4-7-21;;/h2-14,17-18,29H,15-16,28H2,1H3;2*1H/q+1;;/b14-11+;;. The smallest absolute Gasteiger partial charge is 0.355 e. The molecule has 0 saturated heterocycles. The number of aromatic amines is 1. The predicted molar refractivity (Wildman–Crippen MR) is 133 cm³/mol. The third-order valence-electron chi connectivity index (χ3n) is 5.29. The number of hydrogen-bond acceptors (Lipinski definition) is 1. The van der Waals surface area contributed by atoms with Crippen LogP contribution in [0.1, 0.15) is 28.9 Å². The van der Waals surface area contributed by atoms with E-state index in [1.807, 2.05) is 24.4 Å². The molecule has 0 unspecified atom stereocenters. The fraction of sp³-hybridized carbons (Fsp3) is 0.115. The topological polar surface area (TPSA) is 44.8 Å². The SMILES string of the molecule is F.F.[B][N+]1=CC=CC1=C(CCN)c1[nH]c(/C=C/c2ccc(-c3ccccc3)cc2)cc1C. The lowest BCUT2D eigenvalue weighted by atomic mass is 10.0. The number of benzene rings is 2. The molecule has 0 amide bonds. The molecule has 0 atom stereocenters. The Hall–Kier alpha value is -3.51. The Kier molecular flexibility index (Phi) is 8.67. The Labute approximate surface area is 188 Å². The van der Waals surface area contributed by atoms with Crippen molar-refractivity contribution in [1.29, 1.82) is 0 Å². The van der Waals surface area contributed by atoms with Gasteiger partial charge in [0.2, 0.25) is 0 Å². The molecule has 2 aromatic carbocycles. The van der Waals surface area contributed by atoms with Gasteiger partial charge in [-0.2, -0.15) is 0 Å². The zero-order valence-corrected chi connectivity index (χ0v) is 18.0. The molecule has 1 aliphatic rings. The summed E-state index contributed by atoms with van der Waals surface area (Å²) in [5.41, 5.74) is 14.9. The molecule has 0 spiro atoms. The molecule has 1 aliphatic heterocycles. The van der Waals surface area contributed by atoms with Crippen LogP contribution in [0.3, 0.4) is 0 Å². The minimum absolute atomic E-state index is 0. The highest BCUT2D eigenvalue weighted by Crippen LogP contribution is 2.28. The molecular formula is C26H27BF2N3+. The van der Waals surface area contributed by atoms with Gasteiger partial charge in [-0.25, -0.2) is 0 Å². The second kappa shape index (κ2) is 11.2. The molecular weight excluding hydrogens is 403 g/mol. The van der Waals surface area contributed by atoms with Crippen molar-refractivity contribution in [3.05, 3.63) is 101 Å². The number of hydrogen-bond donors (Lipinski definition) is 2. The summed E-state index contributed by atoms with van der Waals surface area (Å²) in [5, 5.41) is 0. The zero-order valence-electron chi connectivity index (χ0n) is 18.0. The first kappa shape index (κ1) is 24.8. The summed E-state index contributed by atoms with van der Waals surface area (Å²) in [6.07, 6.45) is 10.8. The molecule has 3 N–H and O–H groups in total. The van der Waals surface area contributed by atoms with Gasteiger partial charge in [0.1, 0.15) is 6.21 Å². The van der Waals surface area contributed by atoms with Crippen LogP contribution in [-0.2, 0) is 0 Å². The van der Waals surface area contributed by atoms with Crippen LogP contribution in [0.5, 0.6) is 0 Å². The number of H-pyrrole nitrogens is 1. The van der Waals surface area contributed by atoms with Gasteiger partial charge in [-0.15, -0.1) is 0 Å². The highest BCUT2D eigenvalue weighted by Gasteiger charge is 2.20. The molecule has 0 aliphatic carbocycles.